The number of thioether (sulfide) groups is 1. The minimum Gasteiger partial charge on any atom is -0.326 e. The third kappa shape index (κ3) is 9.42. The van der Waals surface area contributed by atoms with Crippen LogP contribution in [0.1, 0.15) is 32.6 Å². The van der Waals surface area contributed by atoms with Crippen LogP contribution in [0.4, 0.5) is 17.1 Å². The van der Waals surface area contributed by atoms with Crippen molar-refractivity contribution in [1.29, 1.82) is 0 Å². The highest BCUT2D eigenvalue weighted by Crippen LogP contribution is 2.21. The van der Waals surface area contributed by atoms with Gasteiger partial charge in [0.25, 0.3) is 10.0 Å². The molecule has 3 rings (SSSR count). The summed E-state index contributed by atoms with van der Waals surface area (Å²) in [5.74, 6) is 1.36. The van der Waals surface area contributed by atoms with Crippen LogP contribution in [0.2, 0.25) is 0 Å². The Morgan fingerprint density at radius 1 is 0.943 bits per heavy atom. The molecule has 0 unspecified atom stereocenters. The van der Waals surface area contributed by atoms with Crippen LogP contribution in [-0.2, 0) is 19.6 Å². The van der Waals surface area contributed by atoms with E-state index in [9.17, 15) is 18.0 Å². The Hall–Kier alpha value is -2.76. The predicted octanol–water partition coefficient (Wildman–Crippen LogP) is 3.50. The second-order valence-corrected chi connectivity index (χ2v) is 11.2. The predicted molar refractivity (Wildman–Crippen MR) is 142 cm³/mol. The molecule has 0 saturated carbocycles. The van der Waals surface area contributed by atoms with Gasteiger partial charge >= 0.3 is 0 Å². The summed E-state index contributed by atoms with van der Waals surface area (Å²) in [6, 6.07) is 12.6. The first-order valence-corrected chi connectivity index (χ1v) is 14.3. The molecule has 0 radical (unpaired) electrons. The van der Waals surface area contributed by atoms with Crippen LogP contribution >= 0.6 is 11.8 Å². The number of nitrogens with one attached hydrogen (secondary N) is 4. The Bertz CT molecular complexity index is 1090. The summed E-state index contributed by atoms with van der Waals surface area (Å²) in [5.41, 5.74) is 6.57. The number of amides is 2. The molecule has 0 spiro atoms. The molecule has 2 aromatic carbocycles. The number of hydrazine groups is 1. The van der Waals surface area contributed by atoms with Crippen molar-refractivity contribution in [3.63, 3.8) is 0 Å². The summed E-state index contributed by atoms with van der Waals surface area (Å²) in [5, 5.41) is 2.79. The monoisotopic (exact) mass is 519 g/mol. The number of benzene rings is 2. The van der Waals surface area contributed by atoms with Crippen LogP contribution in [0.3, 0.4) is 0 Å². The van der Waals surface area contributed by atoms with Crippen molar-refractivity contribution in [2.75, 3.05) is 46.6 Å². The van der Waals surface area contributed by atoms with E-state index >= 15 is 0 Å². The highest BCUT2D eigenvalue weighted by atomic mass is 32.2. The third-order valence-electron chi connectivity index (χ3n) is 5.42. The highest BCUT2D eigenvalue weighted by molar-refractivity contribution is 7.99. The summed E-state index contributed by atoms with van der Waals surface area (Å²) in [6.07, 6.45) is 4.26. The zero-order valence-corrected chi connectivity index (χ0v) is 21.5. The van der Waals surface area contributed by atoms with E-state index in [1.54, 1.807) is 48.2 Å². The van der Waals surface area contributed by atoms with Crippen LogP contribution in [0.25, 0.3) is 0 Å². The lowest BCUT2D eigenvalue weighted by atomic mass is 10.1. The van der Waals surface area contributed by atoms with Crippen LogP contribution in [-0.4, -0.2) is 56.3 Å². The minimum atomic E-state index is -3.85. The molecule has 35 heavy (non-hydrogen) atoms. The Balaban J connectivity index is 1.46. The number of likely N-dealkylation sites (tertiary alicyclic amines) is 1. The largest absolute Gasteiger partial charge is 0.326 e. The zero-order valence-electron chi connectivity index (χ0n) is 19.9. The van der Waals surface area contributed by atoms with Crippen LogP contribution in [0.15, 0.2) is 53.4 Å². The van der Waals surface area contributed by atoms with E-state index in [0.717, 1.165) is 18.1 Å². The molecule has 0 bridgehead atoms. The van der Waals surface area contributed by atoms with Crippen LogP contribution < -0.4 is 20.9 Å². The number of carbonyl (C=O) groups is 2. The molecule has 11 heteroatoms. The zero-order chi connectivity index (χ0) is 25.1. The van der Waals surface area contributed by atoms with Crippen LogP contribution in [0.5, 0.6) is 0 Å². The Morgan fingerprint density at radius 2 is 1.66 bits per heavy atom. The topological polar surface area (TPSA) is 120 Å². The number of hydrogen-bond donors (Lipinski definition) is 4. The molecule has 0 atom stereocenters. The molecule has 1 fully saturated rings. The smallest absolute Gasteiger partial charge is 0.261 e. The first-order valence-electron chi connectivity index (χ1n) is 11.7. The van der Waals surface area contributed by atoms with Crippen molar-refractivity contribution in [3.05, 3.63) is 48.5 Å². The fourth-order valence-electron chi connectivity index (χ4n) is 3.60. The van der Waals surface area contributed by atoms with Crippen molar-refractivity contribution >= 4 is 50.7 Å². The van der Waals surface area contributed by atoms with E-state index in [1.807, 2.05) is 0 Å². The fourth-order valence-corrected chi connectivity index (χ4v) is 5.63. The van der Waals surface area contributed by atoms with Crippen molar-refractivity contribution < 1.29 is 18.0 Å². The van der Waals surface area contributed by atoms with Gasteiger partial charge in [0.15, 0.2) is 0 Å². The van der Waals surface area contributed by atoms with E-state index in [1.165, 1.54) is 51.4 Å². The summed E-state index contributed by atoms with van der Waals surface area (Å²) in [7, 11) is -3.85. The first kappa shape index (κ1) is 26.8. The van der Waals surface area contributed by atoms with Gasteiger partial charge in [-0.1, -0.05) is 12.5 Å². The molecular weight excluding hydrogens is 486 g/mol. The summed E-state index contributed by atoms with van der Waals surface area (Å²) >= 11 is 1.77. The first-order chi connectivity index (χ1) is 16.8. The summed E-state index contributed by atoms with van der Waals surface area (Å²) in [6.45, 7) is 4.79. The van der Waals surface area contributed by atoms with Gasteiger partial charge in [-0.15, -0.1) is 0 Å². The quantitative estimate of drug-likeness (QED) is 0.250. The third-order valence-corrected chi connectivity index (χ3v) is 7.77. The number of sulfonamides is 1. The summed E-state index contributed by atoms with van der Waals surface area (Å²) < 4.78 is 28.1. The van der Waals surface area contributed by atoms with Gasteiger partial charge in [-0.3, -0.25) is 25.2 Å². The molecular formula is C24H33N5O4S2. The SMILES string of the molecule is CC(=O)NNc1ccc(NS(=O)(=O)c2cccc(NC(=O)CCSCCN3CCCCC3)c2)cc1. The number of hydrogen-bond acceptors (Lipinski definition) is 7. The Kier molecular flexibility index (Phi) is 10.2. The van der Waals surface area contributed by atoms with Gasteiger partial charge in [-0.25, -0.2) is 8.42 Å². The molecule has 1 aliphatic heterocycles. The van der Waals surface area contributed by atoms with Crippen molar-refractivity contribution in [2.45, 2.75) is 37.5 Å². The van der Waals surface area contributed by atoms with Crippen molar-refractivity contribution in [2.24, 2.45) is 0 Å². The lowest BCUT2D eigenvalue weighted by molar-refractivity contribution is -0.118. The molecule has 2 aromatic rings. The maximum Gasteiger partial charge on any atom is 0.261 e. The number of rotatable bonds is 12. The molecule has 4 N–H and O–H groups in total. The highest BCUT2D eigenvalue weighted by Gasteiger charge is 2.15. The molecule has 0 aliphatic carbocycles. The minimum absolute atomic E-state index is 0.0478. The normalized spacial score (nSPS) is 14.2. The van der Waals surface area contributed by atoms with E-state index < -0.39 is 10.0 Å². The van der Waals surface area contributed by atoms with Crippen LogP contribution in [0, 0.1) is 0 Å². The molecule has 1 heterocycles. The number of piperidine rings is 1. The van der Waals surface area contributed by atoms with Gasteiger partial charge in [0.1, 0.15) is 0 Å². The van der Waals surface area contributed by atoms with Gasteiger partial charge in [-0.05, 0) is 68.4 Å². The maximum atomic E-state index is 12.8. The van der Waals surface area contributed by atoms with Gasteiger partial charge in [-0.2, -0.15) is 11.8 Å². The van der Waals surface area contributed by atoms with E-state index in [2.05, 4.69) is 25.8 Å². The van der Waals surface area contributed by atoms with Gasteiger partial charge in [0.05, 0.1) is 10.6 Å². The molecule has 1 saturated heterocycles. The molecule has 0 aromatic heterocycles. The van der Waals surface area contributed by atoms with E-state index in [4.69, 9.17) is 0 Å². The lowest BCUT2D eigenvalue weighted by Gasteiger charge is -2.26. The molecule has 1 aliphatic rings. The van der Waals surface area contributed by atoms with Crippen molar-refractivity contribution in [1.82, 2.24) is 10.3 Å². The molecule has 190 valence electrons. The van der Waals surface area contributed by atoms with E-state index in [-0.39, 0.29) is 16.7 Å². The second-order valence-electron chi connectivity index (χ2n) is 8.33. The number of anilines is 3. The number of nitrogens with zero attached hydrogens (tertiary/aromatic N) is 1. The van der Waals surface area contributed by atoms with Crippen molar-refractivity contribution in [3.8, 4) is 0 Å². The van der Waals surface area contributed by atoms with Gasteiger partial charge in [0.2, 0.25) is 11.8 Å². The lowest BCUT2D eigenvalue weighted by Crippen LogP contribution is -2.31. The average molecular weight is 520 g/mol. The molecule has 2 amide bonds. The second kappa shape index (κ2) is 13.4. The van der Waals surface area contributed by atoms with E-state index in [0.29, 0.717) is 23.5 Å². The summed E-state index contributed by atoms with van der Waals surface area (Å²) in [4.78, 5) is 25.8. The maximum absolute atomic E-state index is 12.8. The standard InChI is InChI=1S/C24H33N5O4S2/c1-19(30)26-27-20-8-10-21(11-9-20)28-35(32,33)23-7-5-6-22(18-23)25-24(31)12-16-34-17-15-29-13-3-2-4-14-29/h5-11,18,27-28H,2-4,12-17H2,1H3,(H,25,31)(H,26,30). The molecule has 9 nitrogen and oxygen atoms in total. The van der Waals surface area contributed by atoms with Gasteiger partial charge in [0, 0.05) is 42.8 Å². The fraction of sp³-hybridized carbons (Fsp3) is 0.417. The number of carbonyl (C=O) groups excluding carboxylic acids is 2. The Morgan fingerprint density at radius 3 is 2.37 bits per heavy atom. The Labute approximate surface area is 211 Å². The average Bonchev–Trinajstić information content (AvgIpc) is 2.84. The van der Waals surface area contributed by atoms with Gasteiger partial charge < -0.3 is 10.2 Å².